The lowest BCUT2D eigenvalue weighted by molar-refractivity contribution is 0.105. The number of nitrogens with one attached hydrogen (secondary N) is 1. The summed E-state index contributed by atoms with van der Waals surface area (Å²) < 4.78 is 0. The summed E-state index contributed by atoms with van der Waals surface area (Å²) in [6, 6.07) is 7.24. The van der Waals surface area contributed by atoms with Crippen LogP contribution in [0.25, 0.3) is 0 Å². The van der Waals surface area contributed by atoms with Crippen molar-refractivity contribution in [3.05, 3.63) is 53.1 Å². The van der Waals surface area contributed by atoms with Crippen molar-refractivity contribution in [1.82, 2.24) is 9.80 Å². The zero-order valence-corrected chi connectivity index (χ0v) is 20.1. The lowest BCUT2D eigenvalue weighted by Crippen LogP contribution is -2.50. The second-order valence-corrected chi connectivity index (χ2v) is 9.34. The molecule has 1 aromatic rings. The van der Waals surface area contributed by atoms with Crippen molar-refractivity contribution in [2.45, 2.75) is 77.8 Å². The van der Waals surface area contributed by atoms with Crippen molar-refractivity contribution >= 4 is 11.7 Å². The third kappa shape index (κ3) is 6.50. The highest BCUT2D eigenvalue weighted by Crippen LogP contribution is 2.26. The Hall–Kier alpha value is -2.51. The fourth-order valence-electron chi connectivity index (χ4n) is 5.04. The summed E-state index contributed by atoms with van der Waals surface area (Å²) in [5.41, 5.74) is 4.83. The molecule has 32 heavy (non-hydrogen) atoms. The maximum absolute atomic E-state index is 13.4. The molecule has 0 saturated carbocycles. The number of allylic oxidation sites excluding steroid dienone is 3. The van der Waals surface area contributed by atoms with Gasteiger partial charge in [0.25, 0.3) is 0 Å². The van der Waals surface area contributed by atoms with E-state index in [2.05, 4.69) is 49.0 Å². The summed E-state index contributed by atoms with van der Waals surface area (Å²) in [5, 5.41) is 3.19. The zero-order chi connectivity index (χ0) is 22.9. The predicted molar refractivity (Wildman–Crippen MR) is 135 cm³/mol. The molecule has 0 spiro atoms. The Labute approximate surface area is 194 Å². The minimum absolute atomic E-state index is 0.00307. The lowest BCUT2D eigenvalue weighted by Gasteiger charge is -2.41. The van der Waals surface area contributed by atoms with Gasteiger partial charge in [-0.05, 0) is 81.7 Å². The predicted octanol–water partition coefficient (Wildman–Crippen LogP) is 5.80. The Morgan fingerprint density at radius 3 is 2.78 bits per heavy atom. The van der Waals surface area contributed by atoms with Crippen LogP contribution in [0.3, 0.4) is 0 Å². The second-order valence-electron chi connectivity index (χ2n) is 9.34. The fourth-order valence-corrected chi connectivity index (χ4v) is 5.04. The molecule has 1 fully saturated rings. The number of urea groups is 1. The molecule has 3 rings (SSSR count). The number of piperidine rings is 1. The van der Waals surface area contributed by atoms with Crippen LogP contribution < -0.4 is 5.32 Å². The fraction of sp³-hybridized carbons (Fsp3) is 0.536. The van der Waals surface area contributed by atoms with E-state index in [0.717, 1.165) is 50.0 Å². The number of rotatable bonds is 8. The Kier molecular flexibility index (Phi) is 9.00. The molecule has 0 aromatic heterocycles. The highest BCUT2D eigenvalue weighted by molar-refractivity contribution is 5.90. The molecule has 4 nitrogen and oxygen atoms in total. The number of aryl methyl sites for hydroxylation is 2. The first-order chi connectivity index (χ1) is 15.5. The maximum atomic E-state index is 13.4. The molecule has 2 aliphatic rings. The lowest BCUT2D eigenvalue weighted by atomic mass is 10.00. The number of amides is 2. The van der Waals surface area contributed by atoms with Gasteiger partial charge in [-0.2, -0.15) is 0 Å². The van der Waals surface area contributed by atoms with E-state index in [0.29, 0.717) is 12.6 Å². The first-order valence-electron chi connectivity index (χ1n) is 12.2. The van der Waals surface area contributed by atoms with Gasteiger partial charge >= 0.3 is 6.03 Å². The van der Waals surface area contributed by atoms with E-state index in [-0.39, 0.29) is 12.1 Å². The first-order valence-corrected chi connectivity index (χ1v) is 12.2. The average molecular weight is 434 g/mol. The number of anilines is 1. The van der Waals surface area contributed by atoms with Crippen LogP contribution in [0.5, 0.6) is 0 Å². The molecular formula is C28H39N3O. The molecule has 1 saturated heterocycles. The molecule has 1 aromatic carbocycles. The van der Waals surface area contributed by atoms with Crippen LogP contribution in [0.1, 0.15) is 64.0 Å². The van der Waals surface area contributed by atoms with Gasteiger partial charge in [-0.15, -0.1) is 6.42 Å². The number of terminal acetylenes is 1. The van der Waals surface area contributed by atoms with Crippen LogP contribution in [-0.4, -0.2) is 47.5 Å². The number of likely N-dealkylation sites (tertiary alicyclic amines) is 1. The quantitative estimate of drug-likeness (QED) is 0.415. The van der Waals surface area contributed by atoms with Crippen LogP contribution in [0.4, 0.5) is 10.5 Å². The number of fused-ring (bicyclic) bond motifs is 1. The Morgan fingerprint density at radius 1 is 1.31 bits per heavy atom. The number of benzene rings is 1. The smallest absolute Gasteiger partial charge is 0.317 e. The third-order valence-corrected chi connectivity index (χ3v) is 6.87. The molecular weight excluding hydrogens is 394 g/mol. The topological polar surface area (TPSA) is 35.6 Å². The summed E-state index contributed by atoms with van der Waals surface area (Å²) in [4.78, 5) is 18.0. The van der Waals surface area contributed by atoms with E-state index in [1.165, 1.54) is 30.4 Å². The Balaban J connectivity index is 1.70. The molecule has 1 heterocycles. The second kappa shape index (κ2) is 11.9. The van der Waals surface area contributed by atoms with Gasteiger partial charge in [-0.25, -0.2) is 4.79 Å². The largest absolute Gasteiger partial charge is 0.322 e. The average Bonchev–Trinajstić information content (AvgIpc) is 3.26. The maximum Gasteiger partial charge on any atom is 0.322 e. The first kappa shape index (κ1) is 24.1. The van der Waals surface area contributed by atoms with Crippen molar-refractivity contribution in [2.75, 3.05) is 25.0 Å². The van der Waals surface area contributed by atoms with Crippen molar-refractivity contribution in [3.63, 3.8) is 0 Å². The van der Waals surface area contributed by atoms with Gasteiger partial charge < -0.3 is 15.1 Å². The molecule has 1 atom stereocenters. The van der Waals surface area contributed by atoms with Crippen LogP contribution >= 0.6 is 0 Å². The standard InChI is InChI=1S/C28H39N3O/c1-5-7-8-11-22(3)21-31(27-16-18-30(19-17-27)23(4)10-6-2)28(32)29-26-15-14-24-12-9-13-25(24)20-26/h1,7-8,11,14-15,20,23,27H,6,9-10,12-13,16-19,21H2,2-4H3,(H,29,32)/b8-7-,22-11+. The van der Waals surface area contributed by atoms with Crippen molar-refractivity contribution in [3.8, 4) is 12.3 Å². The third-order valence-electron chi connectivity index (χ3n) is 6.87. The van der Waals surface area contributed by atoms with Gasteiger partial charge in [-0.1, -0.05) is 43.1 Å². The van der Waals surface area contributed by atoms with E-state index < -0.39 is 0 Å². The van der Waals surface area contributed by atoms with Crippen molar-refractivity contribution in [1.29, 1.82) is 0 Å². The van der Waals surface area contributed by atoms with Gasteiger partial charge in [0.15, 0.2) is 0 Å². The number of nitrogens with zero attached hydrogens (tertiary/aromatic N) is 2. The van der Waals surface area contributed by atoms with E-state index >= 15 is 0 Å². The molecule has 1 aliphatic heterocycles. The summed E-state index contributed by atoms with van der Waals surface area (Å²) in [6.07, 6.45) is 18.8. The molecule has 1 aliphatic carbocycles. The normalized spacial score (nSPS) is 18.4. The van der Waals surface area contributed by atoms with Crippen LogP contribution in [0, 0.1) is 12.3 Å². The summed E-state index contributed by atoms with van der Waals surface area (Å²) in [5.74, 6) is 2.52. The number of hydrogen-bond donors (Lipinski definition) is 1. The molecule has 4 heteroatoms. The van der Waals surface area contributed by atoms with Crippen LogP contribution in [0.2, 0.25) is 0 Å². The highest BCUT2D eigenvalue weighted by atomic mass is 16.2. The number of carbonyl (C=O) groups excluding carboxylic acids is 1. The van der Waals surface area contributed by atoms with Crippen molar-refractivity contribution in [2.24, 2.45) is 0 Å². The monoisotopic (exact) mass is 433 g/mol. The minimum atomic E-state index is -0.00307. The summed E-state index contributed by atoms with van der Waals surface area (Å²) in [6.45, 7) is 9.35. The summed E-state index contributed by atoms with van der Waals surface area (Å²) >= 11 is 0. The zero-order valence-electron chi connectivity index (χ0n) is 20.1. The SMILES string of the molecule is C#C/C=C\C=C(/C)CN(C(=O)Nc1ccc2c(c1)CCC2)C1CCN(C(C)CCC)CC1. The van der Waals surface area contributed by atoms with Gasteiger partial charge in [-0.3, -0.25) is 0 Å². The van der Waals surface area contributed by atoms with E-state index in [9.17, 15) is 4.79 Å². The van der Waals surface area contributed by atoms with E-state index in [1.807, 2.05) is 23.1 Å². The Bertz CT molecular complexity index is 871. The molecule has 1 N–H and O–H groups in total. The van der Waals surface area contributed by atoms with Crippen molar-refractivity contribution < 1.29 is 4.79 Å². The number of carbonyl (C=O) groups is 1. The number of hydrogen-bond acceptors (Lipinski definition) is 2. The highest BCUT2D eigenvalue weighted by Gasteiger charge is 2.29. The Morgan fingerprint density at radius 2 is 2.06 bits per heavy atom. The van der Waals surface area contributed by atoms with Gasteiger partial charge in [0, 0.05) is 37.4 Å². The summed E-state index contributed by atoms with van der Waals surface area (Å²) in [7, 11) is 0. The van der Waals surface area contributed by atoms with Gasteiger partial charge in [0.2, 0.25) is 0 Å². The van der Waals surface area contributed by atoms with E-state index in [4.69, 9.17) is 6.42 Å². The van der Waals surface area contributed by atoms with Crippen LogP contribution in [-0.2, 0) is 12.8 Å². The minimum Gasteiger partial charge on any atom is -0.317 e. The molecule has 172 valence electrons. The molecule has 0 bridgehead atoms. The molecule has 1 unspecified atom stereocenters. The van der Waals surface area contributed by atoms with Gasteiger partial charge in [0.1, 0.15) is 0 Å². The van der Waals surface area contributed by atoms with Crippen LogP contribution in [0.15, 0.2) is 42.0 Å². The molecule has 0 radical (unpaired) electrons. The molecule has 2 amide bonds. The van der Waals surface area contributed by atoms with E-state index in [1.54, 1.807) is 6.08 Å². The van der Waals surface area contributed by atoms with Gasteiger partial charge in [0.05, 0.1) is 0 Å².